The van der Waals surface area contributed by atoms with Gasteiger partial charge >= 0.3 is 5.84 Å². The zero-order valence-corrected chi connectivity index (χ0v) is 21.2. The molecule has 5 aromatic carbocycles. The van der Waals surface area contributed by atoms with Crippen LogP contribution in [0.15, 0.2) is 156 Å². The van der Waals surface area contributed by atoms with Crippen molar-refractivity contribution < 1.29 is 4.42 Å². The Balaban J connectivity index is 1.29. The van der Waals surface area contributed by atoms with Crippen LogP contribution >= 0.6 is 0 Å². The van der Waals surface area contributed by atoms with Gasteiger partial charge in [-0.3, -0.25) is 4.40 Å². The Morgan fingerprint density at radius 3 is 1.59 bits per heavy atom. The van der Waals surface area contributed by atoms with Crippen LogP contribution < -0.4 is 4.90 Å². The molecule has 7 aromatic rings. The van der Waals surface area contributed by atoms with Gasteiger partial charge in [-0.25, -0.2) is 0 Å². The van der Waals surface area contributed by atoms with Gasteiger partial charge in [0, 0.05) is 34.4 Å². The number of oxazole rings is 1. The summed E-state index contributed by atoms with van der Waals surface area (Å²) in [6.07, 6.45) is 3.60. The van der Waals surface area contributed by atoms with Gasteiger partial charge in [-0.1, -0.05) is 103 Å². The first-order valence-corrected chi connectivity index (χ1v) is 13.0. The molecular formula is C35H25N3O. The van der Waals surface area contributed by atoms with Crippen molar-refractivity contribution in [1.29, 1.82) is 0 Å². The van der Waals surface area contributed by atoms with Gasteiger partial charge in [0.05, 0.1) is 5.69 Å². The molecule has 0 fully saturated rings. The Morgan fingerprint density at radius 1 is 0.487 bits per heavy atom. The highest BCUT2D eigenvalue weighted by Gasteiger charge is 2.19. The van der Waals surface area contributed by atoms with Crippen LogP contribution in [-0.4, -0.2) is 9.38 Å². The Kier molecular flexibility index (Phi) is 5.76. The number of aromatic nitrogens is 2. The summed E-state index contributed by atoms with van der Waals surface area (Å²) in [7, 11) is 0. The fourth-order valence-electron chi connectivity index (χ4n) is 5.08. The van der Waals surface area contributed by atoms with Crippen LogP contribution in [0.5, 0.6) is 0 Å². The van der Waals surface area contributed by atoms with Gasteiger partial charge in [0.15, 0.2) is 0 Å². The van der Waals surface area contributed by atoms with Gasteiger partial charge in [-0.2, -0.15) is 4.98 Å². The molecule has 0 N–H and O–H groups in total. The average Bonchev–Trinajstić information content (AvgIpc) is 3.61. The number of rotatable bonds is 6. The van der Waals surface area contributed by atoms with E-state index in [1.807, 2.05) is 28.8 Å². The van der Waals surface area contributed by atoms with Gasteiger partial charge in [-0.15, -0.1) is 0 Å². The first-order valence-electron chi connectivity index (χ1n) is 13.0. The minimum absolute atomic E-state index is 0.575. The molecule has 0 aliphatic rings. The van der Waals surface area contributed by atoms with Crippen LogP contribution in [0.4, 0.5) is 17.1 Å². The Labute approximate surface area is 227 Å². The molecule has 0 bridgehead atoms. The first kappa shape index (κ1) is 22.8. The van der Waals surface area contributed by atoms with Crippen molar-refractivity contribution in [2.24, 2.45) is 0 Å². The Bertz CT molecular complexity index is 1780. The third kappa shape index (κ3) is 4.28. The van der Waals surface area contributed by atoms with Gasteiger partial charge in [0.1, 0.15) is 12.0 Å². The molecule has 2 aromatic heterocycles. The smallest absolute Gasteiger partial charge is 0.306 e. The molecule has 39 heavy (non-hydrogen) atoms. The summed E-state index contributed by atoms with van der Waals surface area (Å²) in [6, 6.07) is 48.5. The SMILES string of the molecule is c1ccc(-c2ccc(-c3nc4occn4c3-c3ccc(N(c4ccccc4)c4ccccc4)cc3)cc2)cc1. The molecule has 0 atom stereocenters. The molecule has 0 spiro atoms. The molecule has 186 valence electrons. The van der Waals surface area contributed by atoms with Gasteiger partial charge in [0.2, 0.25) is 0 Å². The molecular weight excluding hydrogens is 478 g/mol. The van der Waals surface area contributed by atoms with E-state index >= 15 is 0 Å². The lowest BCUT2D eigenvalue weighted by Crippen LogP contribution is -2.09. The van der Waals surface area contributed by atoms with Crippen molar-refractivity contribution in [2.75, 3.05) is 4.90 Å². The number of benzene rings is 5. The molecule has 0 radical (unpaired) electrons. The maximum atomic E-state index is 5.70. The molecule has 4 nitrogen and oxygen atoms in total. The quantitative estimate of drug-likeness (QED) is 0.227. The van der Waals surface area contributed by atoms with Gasteiger partial charge in [0.25, 0.3) is 0 Å². The zero-order valence-electron chi connectivity index (χ0n) is 21.2. The molecule has 7 rings (SSSR count). The van der Waals surface area contributed by atoms with Crippen molar-refractivity contribution in [1.82, 2.24) is 9.38 Å². The van der Waals surface area contributed by atoms with Crippen molar-refractivity contribution in [3.8, 4) is 33.6 Å². The molecule has 0 unspecified atom stereocenters. The Morgan fingerprint density at radius 2 is 0.974 bits per heavy atom. The van der Waals surface area contributed by atoms with E-state index in [1.54, 1.807) is 6.26 Å². The average molecular weight is 504 g/mol. The molecule has 0 aliphatic heterocycles. The maximum Gasteiger partial charge on any atom is 0.306 e. The standard InChI is InChI=1S/C35H25N3O/c1-4-10-26(11-5-1)27-16-18-28(19-17-27)33-34(37-24-25-39-35(37)36-33)29-20-22-32(23-21-29)38(30-12-6-2-7-13-30)31-14-8-3-9-15-31/h1-25H. The van der Waals surface area contributed by atoms with Crippen LogP contribution in [-0.2, 0) is 0 Å². The highest BCUT2D eigenvalue weighted by Crippen LogP contribution is 2.38. The number of fused-ring (bicyclic) bond motifs is 1. The van der Waals surface area contributed by atoms with Crippen molar-refractivity contribution in [3.05, 3.63) is 152 Å². The topological polar surface area (TPSA) is 33.7 Å². The highest BCUT2D eigenvalue weighted by molar-refractivity contribution is 5.84. The van der Waals surface area contributed by atoms with Crippen LogP contribution in [0.2, 0.25) is 0 Å². The third-order valence-electron chi connectivity index (χ3n) is 6.96. The lowest BCUT2D eigenvalue weighted by Gasteiger charge is -2.25. The van der Waals surface area contributed by atoms with Crippen LogP contribution in [0.1, 0.15) is 0 Å². The van der Waals surface area contributed by atoms with E-state index in [0.717, 1.165) is 39.6 Å². The normalized spacial score (nSPS) is 11.1. The zero-order chi connectivity index (χ0) is 26.0. The van der Waals surface area contributed by atoms with Gasteiger partial charge in [-0.05, 0) is 47.5 Å². The van der Waals surface area contributed by atoms with Crippen molar-refractivity contribution in [2.45, 2.75) is 0 Å². The van der Waals surface area contributed by atoms with Gasteiger partial charge < -0.3 is 9.32 Å². The predicted octanol–water partition coefficient (Wildman–Crippen LogP) is 9.40. The summed E-state index contributed by atoms with van der Waals surface area (Å²) >= 11 is 0. The number of para-hydroxylation sites is 2. The largest absolute Gasteiger partial charge is 0.432 e. The Hall–Kier alpha value is -5.35. The van der Waals surface area contributed by atoms with Crippen LogP contribution in [0, 0.1) is 0 Å². The van der Waals surface area contributed by atoms with E-state index in [4.69, 9.17) is 9.40 Å². The molecule has 2 heterocycles. The lowest BCUT2D eigenvalue weighted by molar-refractivity contribution is 0.596. The second-order valence-electron chi connectivity index (χ2n) is 9.36. The molecule has 0 amide bonds. The monoisotopic (exact) mass is 503 g/mol. The summed E-state index contributed by atoms with van der Waals surface area (Å²) < 4.78 is 7.71. The molecule has 4 heteroatoms. The fourth-order valence-corrected chi connectivity index (χ4v) is 5.08. The maximum absolute atomic E-state index is 5.70. The van der Waals surface area contributed by atoms with E-state index < -0.39 is 0 Å². The van der Waals surface area contributed by atoms with Crippen LogP contribution in [0.25, 0.3) is 39.5 Å². The summed E-state index contributed by atoms with van der Waals surface area (Å²) in [6.45, 7) is 0. The summed E-state index contributed by atoms with van der Waals surface area (Å²) in [4.78, 5) is 7.12. The fraction of sp³-hybridized carbons (Fsp3) is 0. The number of imidazole rings is 1. The highest BCUT2D eigenvalue weighted by atomic mass is 16.3. The number of anilines is 3. The lowest BCUT2D eigenvalue weighted by atomic mass is 10.0. The first-order chi connectivity index (χ1) is 19.3. The van der Waals surface area contributed by atoms with E-state index in [9.17, 15) is 0 Å². The number of hydrogen-bond donors (Lipinski definition) is 0. The van der Waals surface area contributed by atoms with Crippen molar-refractivity contribution >= 4 is 22.9 Å². The summed E-state index contributed by atoms with van der Waals surface area (Å²) in [5, 5.41) is 0. The molecule has 0 aliphatic carbocycles. The minimum atomic E-state index is 0.575. The molecule has 0 saturated heterocycles. The summed E-state index contributed by atoms with van der Waals surface area (Å²) in [5.74, 6) is 0.575. The van der Waals surface area contributed by atoms with Crippen molar-refractivity contribution in [3.63, 3.8) is 0 Å². The third-order valence-corrected chi connectivity index (χ3v) is 6.96. The van der Waals surface area contributed by atoms with E-state index in [0.29, 0.717) is 5.84 Å². The number of nitrogens with zero attached hydrogens (tertiary/aromatic N) is 3. The van der Waals surface area contributed by atoms with E-state index in [2.05, 4.69) is 126 Å². The van der Waals surface area contributed by atoms with E-state index in [-0.39, 0.29) is 0 Å². The predicted molar refractivity (Wildman–Crippen MR) is 158 cm³/mol. The number of hydrogen-bond acceptors (Lipinski definition) is 3. The molecule has 0 saturated carbocycles. The summed E-state index contributed by atoms with van der Waals surface area (Å²) in [5.41, 5.74) is 9.68. The minimum Gasteiger partial charge on any atom is -0.432 e. The van der Waals surface area contributed by atoms with Crippen LogP contribution in [0.3, 0.4) is 0 Å². The second-order valence-corrected chi connectivity index (χ2v) is 9.36. The van der Waals surface area contributed by atoms with E-state index in [1.165, 1.54) is 11.1 Å². The second kappa shape index (κ2) is 9.84.